The molecule has 0 fully saturated rings. The number of aromatic nitrogens is 2. The molecular formula is C15H18BrN3O2. The van der Waals surface area contributed by atoms with Crippen LogP contribution in [0.25, 0.3) is 11.4 Å². The van der Waals surface area contributed by atoms with Crippen molar-refractivity contribution in [3.8, 4) is 11.4 Å². The molecule has 0 unspecified atom stereocenters. The van der Waals surface area contributed by atoms with Crippen LogP contribution in [-0.2, 0) is 11.3 Å². The van der Waals surface area contributed by atoms with Gasteiger partial charge in [-0.25, -0.2) is 0 Å². The second-order valence-corrected chi connectivity index (χ2v) is 6.85. The maximum absolute atomic E-state index is 12.1. The highest BCUT2D eigenvalue weighted by Crippen LogP contribution is 2.21. The first-order valence-corrected chi connectivity index (χ1v) is 7.41. The second kappa shape index (κ2) is 5.97. The molecule has 0 saturated heterocycles. The predicted octanol–water partition coefficient (Wildman–Crippen LogP) is 3.50. The van der Waals surface area contributed by atoms with E-state index in [0.717, 1.165) is 10.0 Å². The molecular weight excluding hydrogens is 334 g/mol. The largest absolute Gasteiger partial charge is 0.337 e. The van der Waals surface area contributed by atoms with Gasteiger partial charge in [0.25, 0.3) is 0 Å². The minimum Gasteiger partial charge on any atom is -0.337 e. The monoisotopic (exact) mass is 351 g/mol. The number of benzene rings is 1. The number of hydrogen-bond acceptors (Lipinski definition) is 4. The van der Waals surface area contributed by atoms with Gasteiger partial charge in [0.2, 0.25) is 17.6 Å². The zero-order valence-electron chi connectivity index (χ0n) is 12.6. The summed E-state index contributed by atoms with van der Waals surface area (Å²) in [7, 11) is 1.73. The molecule has 0 aliphatic rings. The Morgan fingerprint density at radius 2 is 2.10 bits per heavy atom. The van der Waals surface area contributed by atoms with E-state index in [4.69, 9.17) is 4.52 Å². The van der Waals surface area contributed by atoms with Crippen molar-refractivity contribution in [1.82, 2.24) is 15.0 Å². The van der Waals surface area contributed by atoms with E-state index in [1.807, 2.05) is 45.0 Å². The number of amides is 1. The van der Waals surface area contributed by atoms with E-state index in [1.165, 1.54) is 0 Å². The van der Waals surface area contributed by atoms with Crippen molar-refractivity contribution in [3.05, 3.63) is 34.6 Å². The number of carbonyl (C=O) groups excluding carboxylic acids is 1. The fourth-order valence-corrected chi connectivity index (χ4v) is 2.31. The van der Waals surface area contributed by atoms with Gasteiger partial charge >= 0.3 is 0 Å². The molecule has 0 spiro atoms. The Morgan fingerprint density at radius 3 is 2.71 bits per heavy atom. The first-order valence-electron chi connectivity index (χ1n) is 6.61. The molecule has 1 aromatic carbocycles. The van der Waals surface area contributed by atoms with Gasteiger partial charge in [-0.05, 0) is 12.1 Å². The molecule has 2 aromatic rings. The van der Waals surface area contributed by atoms with Crippen LogP contribution in [0.15, 0.2) is 33.3 Å². The number of rotatable bonds is 3. The molecule has 21 heavy (non-hydrogen) atoms. The van der Waals surface area contributed by atoms with Crippen LogP contribution in [0, 0.1) is 5.41 Å². The molecule has 0 aliphatic carbocycles. The van der Waals surface area contributed by atoms with Gasteiger partial charge in [0.05, 0.1) is 6.54 Å². The van der Waals surface area contributed by atoms with Crippen molar-refractivity contribution in [2.75, 3.05) is 7.05 Å². The topological polar surface area (TPSA) is 59.2 Å². The Labute approximate surface area is 132 Å². The summed E-state index contributed by atoms with van der Waals surface area (Å²) >= 11 is 3.41. The zero-order valence-corrected chi connectivity index (χ0v) is 14.1. The van der Waals surface area contributed by atoms with E-state index in [2.05, 4.69) is 26.1 Å². The van der Waals surface area contributed by atoms with Crippen molar-refractivity contribution in [2.45, 2.75) is 27.3 Å². The van der Waals surface area contributed by atoms with Gasteiger partial charge in [-0.1, -0.05) is 54.0 Å². The Morgan fingerprint density at radius 1 is 1.38 bits per heavy atom. The molecule has 1 heterocycles. The summed E-state index contributed by atoms with van der Waals surface area (Å²) in [5.74, 6) is 0.970. The van der Waals surface area contributed by atoms with Gasteiger partial charge in [0, 0.05) is 22.5 Å². The molecule has 6 heteroatoms. The number of hydrogen-bond donors (Lipinski definition) is 0. The van der Waals surface area contributed by atoms with Gasteiger partial charge in [0.15, 0.2) is 0 Å². The summed E-state index contributed by atoms with van der Waals surface area (Å²) in [6.07, 6.45) is 0. The quantitative estimate of drug-likeness (QED) is 0.848. The summed E-state index contributed by atoms with van der Waals surface area (Å²) in [6, 6.07) is 7.66. The highest BCUT2D eigenvalue weighted by atomic mass is 79.9. The first kappa shape index (κ1) is 15.7. The third kappa shape index (κ3) is 3.91. The lowest BCUT2D eigenvalue weighted by atomic mass is 9.95. The van der Waals surface area contributed by atoms with Gasteiger partial charge in [-0.2, -0.15) is 4.98 Å². The van der Waals surface area contributed by atoms with Crippen LogP contribution in [0.5, 0.6) is 0 Å². The number of nitrogens with zero attached hydrogens (tertiary/aromatic N) is 3. The number of halogens is 1. The summed E-state index contributed by atoms with van der Waals surface area (Å²) in [5.41, 5.74) is 0.436. The van der Waals surface area contributed by atoms with E-state index in [0.29, 0.717) is 18.3 Å². The second-order valence-electron chi connectivity index (χ2n) is 5.93. The molecule has 0 saturated carbocycles. The van der Waals surface area contributed by atoms with Crippen molar-refractivity contribution in [2.24, 2.45) is 5.41 Å². The van der Waals surface area contributed by atoms with E-state index >= 15 is 0 Å². The maximum atomic E-state index is 12.1. The normalized spacial score (nSPS) is 11.5. The first-order chi connectivity index (χ1) is 9.77. The standard InChI is InChI=1S/C15H18BrN3O2/c1-15(2,3)14(20)19(4)9-12-17-13(18-21-12)10-6-5-7-11(16)8-10/h5-8H,9H2,1-4H3. The summed E-state index contributed by atoms with van der Waals surface area (Å²) in [4.78, 5) is 18.0. The SMILES string of the molecule is CN(Cc1nc(-c2cccc(Br)c2)no1)C(=O)C(C)(C)C. The molecule has 0 N–H and O–H groups in total. The van der Waals surface area contributed by atoms with Crippen LogP contribution in [0.3, 0.4) is 0 Å². The van der Waals surface area contributed by atoms with E-state index in [1.54, 1.807) is 11.9 Å². The third-order valence-corrected chi connectivity index (χ3v) is 3.40. The van der Waals surface area contributed by atoms with E-state index in [9.17, 15) is 4.79 Å². The zero-order chi connectivity index (χ0) is 15.6. The molecule has 112 valence electrons. The summed E-state index contributed by atoms with van der Waals surface area (Å²) in [6.45, 7) is 5.95. The van der Waals surface area contributed by atoms with Crippen LogP contribution in [0.2, 0.25) is 0 Å². The highest BCUT2D eigenvalue weighted by molar-refractivity contribution is 9.10. The van der Waals surface area contributed by atoms with E-state index < -0.39 is 5.41 Å². The maximum Gasteiger partial charge on any atom is 0.246 e. The lowest BCUT2D eigenvalue weighted by molar-refractivity contribution is -0.138. The predicted molar refractivity (Wildman–Crippen MR) is 83.4 cm³/mol. The molecule has 0 radical (unpaired) electrons. The molecule has 1 aromatic heterocycles. The van der Waals surface area contributed by atoms with Crippen molar-refractivity contribution in [1.29, 1.82) is 0 Å². The fraction of sp³-hybridized carbons (Fsp3) is 0.400. The minimum absolute atomic E-state index is 0.0321. The van der Waals surface area contributed by atoms with Crippen molar-refractivity contribution < 1.29 is 9.32 Å². The smallest absolute Gasteiger partial charge is 0.246 e. The van der Waals surface area contributed by atoms with Crippen LogP contribution in [-0.4, -0.2) is 28.0 Å². The Kier molecular flexibility index (Phi) is 4.46. The molecule has 0 aliphatic heterocycles. The van der Waals surface area contributed by atoms with Gasteiger partial charge in [-0.15, -0.1) is 0 Å². The molecule has 2 rings (SSSR count). The third-order valence-electron chi connectivity index (χ3n) is 2.91. The van der Waals surface area contributed by atoms with Crippen LogP contribution < -0.4 is 0 Å². The van der Waals surface area contributed by atoms with Crippen LogP contribution >= 0.6 is 15.9 Å². The van der Waals surface area contributed by atoms with Crippen LogP contribution in [0.1, 0.15) is 26.7 Å². The van der Waals surface area contributed by atoms with Crippen molar-refractivity contribution in [3.63, 3.8) is 0 Å². The average molecular weight is 352 g/mol. The van der Waals surface area contributed by atoms with Gasteiger partial charge in [-0.3, -0.25) is 4.79 Å². The lowest BCUT2D eigenvalue weighted by Gasteiger charge is -2.24. The Hall–Kier alpha value is -1.69. The minimum atomic E-state index is -0.429. The Balaban J connectivity index is 2.12. The molecule has 1 amide bonds. The lowest BCUT2D eigenvalue weighted by Crippen LogP contribution is -2.36. The van der Waals surface area contributed by atoms with Crippen LogP contribution in [0.4, 0.5) is 0 Å². The average Bonchev–Trinajstić information content (AvgIpc) is 2.85. The molecule has 0 bridgehead atoms. The highest BCUT2D eigenvalue weighted by Gasteiger charge is 2.26. The summed E-state index contributed by atoms with van der Waals surface area (Å²) in [5, 5.41) is 3.96. The number of carbonyl (C=O) groups is 1. The Bertz CT molecular complexity index is 646. The molecule has 0 atom stereocenters. The van der Waals surface area contributed by atoms with Gasteiger partial charge < -0.3 is 9.42 Å². The van der Waals surface area contributed by atoms with Gasteiger partial charge in [0.1, 0.15) is 0 Å². The molecule has 5 nitrogen and oxygen atoms in total. The van der Waals surface area contributed by atoms with E-state index in [-0.39, 0.29) is 5.91 Å². The fourth-order valence-electron chi connectivity index (χ4n) is 1.91. The summed E-state index contributed by atoms with van der Waals surface area (Å²) < 4.78 is 6.17. The van der Waals surface area contributed by atoms with Crippen molar-refractivity contribution >= 4 is 21.8 Å².